The van der Waals surface area contributed by atoms with Crippen molar-refractivity contribution < 1.29 is 19.1 Å². The van der Waals surface area contributed by atoms with E-state index >= 15 is 0 Å². The van der Waals surface area contributed by atoms with E-state index in [-0.39, 0.29) is 12.3 Å². The van der Waals surface area contributed by atoms with Crippen LogP contribution in [0.3, 0.4) is 0 Å². The molecule has 0 amide bonds. The molecule has 32 heavy (non-hydrogen) atoms. The van der Waals surface area contributed by atoms with Gasteiger partial charge in [0, 0.05) is 29.8 Å². The van der Waals surface area contributed by atoms with Crippen molar-refractivity contribution in [3.05, 3.63) is 92.5 Å². The highest BCUT2D eigenvalue weighted by Crippen LogP contribution is 2.34. The molecule has 0 spiro atoms. The number of para-hydroxylation sites is 1. The Kier molecular flexibility index (Phi) is 8.30. The van der Waals surface area contributed by atoms with E-state index in [1.807, 2.05) is 30.3 Å². The molecular formula is C24H25ClN2O5. The van der Waals surface area contributed by atoms with Crippen molar-refractivity contribution in [2.75, 3.05) is 20.8 Å². The first kappa shape index (κ1) is 23.4. The quantitative estimate of drug-likeness (QED) is 0.243. The lowest BCUT2D eigenvalue weighted by atomic mass is 10.1. The van der Waals surface area contributed by atoms with Crippen molar-refractivity contribution in [3.8, 4) is 17.2 Å². The molecule has 168 valence electrons. The molecule has 0 aliphatic rings. The largest absolute Gasteiger partial charge is 0.496 e. The van der Waals surface area contributed by atoms with E-state index in [9.17, 15) is 10.1 Å². The van der Waals surface area contributed by atoms with E-state index in [1.54, 1.807) is 32.4 Å². The van der Waals surface area contributed by atoms with Gasteiger partial charge in [-0.25, -0.2) is 0 Å². The molecule has 0 radical (unpaired) electrons. The highest BCUT2D eigenvalue weighted by atomic mass is 35.5. The van der Waals surface area contributed by atoms with Gasteiger partial charge in [-0.3, -0.25) is 10.1 Å². The Morgan fingerprint density at radius 2 is 1.66 bits per heavy atom. The SMILES string of the molecule is COc1ccccc1CCNCc1cc(OC)c(OCc2ccc([N+](=O)[O-])cc2)cc1Cl. The Balaban J connectivity index is 1.58. The number of ether oxygens (including phenoxy) is 3. The summed E-state index contributed by atoms with van der Waals surface area (Å²) in [5, 5.41) is 14.7. The number of nitrogens with zero attached hydrogens (tertiary/aromatic N) is 1. The second kappa shape index (κ2) is 11.4. The van der Waals surface area contributed by atoms with Gasteiger partial charge in [-0.15, -0.1) is 0 Å². The van der Waals surface area contributed by atoms with E-state index in [2.05, 4.69) is 5.32 Å². The minimum atomic E-state index is -0.434. The molecule has 0 aromatic heterocycles. The summed E-state index contributed by atoms with van der Waals surface area (Å²) >= 11 is 6.47. The minimum Gasteiger partial charge on any atom is -0.496 e. The smallest absolute Gasteiger partial charge is 0.269 e. The number of nitro groups is 1. The molecule has 0 saturated heterocycles. The van der Waals surface area contributed by atoms with Crippen molar-refractivity contribution in [1.29, 1.82) is 0 Å². The van der Waals surface area contributed by atoms with Gasteiger partial charge >= 0.3 is 0 Å². The molecule has 0 atom stereocenters. The van der Waals surface area contributed by atoms with E-state index in [0.29, 0.717) is 23.1 Å². The van der Waals surface area contributed by atoms with Crippen LogP contribution in [0.15, 0.2) is 60.7 Å². The number of hydrogen-bond acceptors (Lipinski definition) is 6. The van der Waals surface area contributed by atoms with Crippen LogP contribution in [0.5, 0.6) is 17.2 Å². The molecule has 0 fully saturated rings. The summed E-state index contributed by atoms with van der Waals surface area (Å²) in [5.74, 6) is 1.95. The maximum Gasteiger partial charge on any atom is 0.269 e. The first-order valence-electron chi connectivity index (χ1n) is 10.1. The summed E-state index contributed by atoms with van der Waals surface area (Å²) in [6, 6.07) is 17.7. The Morgan fingerprint density at radius 3 is 2.34 bits per heavy atom. The third-order valence-electron chi connectivity index (χ3n) is 4.95. The van der Waals surface area contributed by atoms with Crippen LogP contribution in [0, 0.1) is 10.1 Å². The molecule has 0 heterocycles. The van der Waals surface area contributed by atoms with E-state index < -0.39 is 4.92 Å². The number of hydrogen-bond donors (Lipinski definition) is 1. The fraction of sp³-hybridized carbons (Fsp3) is 0.250. The van der Waals surface area contributed by atoms with Crippen molar-refractivity contribution >= 4 is 17.3 Å². The monoisotopic (exact) mass is 456 g/mol. The Labute approximate surface area is 192 Å². The number of nitro benzene ring substituents is 1. The first-order chi connectivity index (χ1) is 15.5. The molecular weight excluding hydrogens is 432 g/mol. The van der Waals surface area contributed by atoms with Crippen LogP contribution in [0.25, 0.3) is 0 Å². The number of halogens is 1. The van der Waals surface area contributed by atoms with Crippen LogP contribution in [-0.4, -0.2) is 25.7 Å². The standard InChI is InChI=1S/C24H25ClN2O5/c1-30-22-6-4-3-5-18(22)11-12-26-15-19-13-23(31-2)24(14-21(19)25)32-16-17-7-9-20(10-8-17)27(28)29/h3-10,13-14,26H,11-12,15-16H2,1-2H3. The number of nitrogens with one attached hydrogen (secondary N) is 1. The number of benzene rings is 3. The predicted molar refractivity (Wildman–Crippen MR) is 124 cm³/mol. The van der Waals surface area contributed by atoms with Gasteiger partial charge in [0.1, 0.15) is 12.4 Å². The average molecular weight is 457 g/mol. The van der Waals surface area contributed by atoms with E-state index in [1.165, 1.54) is 12.1 Å². The maximum atomic E-state index is 10.8. The Bertz CT molecular complexity index is 1060. The van der Waals surface area contributed by atoms with Gasteiger partial charge < -0.3 is 19.5 Å². The van der Waals surface area contributed by atoms with Crippen molar-refractivity contribution in [2.45, 2.75) is 19.6 Å². The van der Waals surface area contributed by atoms with Crippen molar-refractivity contribution in [1.82, 2.24) is 5.32 Å². The molecule has 3 aromatic rings. The average Bonchev–Trinajstić information content (AvgIpc) is 2.81. The maximum absolute atomic E-state index is 10.8. The van der Waals surface area contributed by atoms with Gasteiger partial charge in [-0.2, -0.15) is 0 Å². The Morgan fingerprint density at radius 1 is 0.938 bits per heavy atom. The molecule has 0 aliphatic heterocycles. The minimum absolute atomic E-state index is 0.0388. The summed E-state index contributed by atoms with van der Waals surface area (Å²) in [4.78, 5) is 10.3. The highest BCUT2D eigenvalue weighted by molar-refractivity contribution is 6.31. The zero-order valence-corrected chi connectivity index (χ0v) is 18.7. The van der Waals surface area contributed by atoms with Crippen LogP contribution in [-0.2, 0) is 19.6 Å². The number of methoxy groups -OCH3 is 2. The summed E-state index contributed by atoms with van der Waals surface area (Å²) in [6.07, 6.45) is 0.829. The molecule has 0 aliphatic carbocycles. The van der Waals surface area contributed by atoms with Gasteiger partial charge in [0.15, 0.2) is 11.5 Å². The molecule has 7 nitrogen and oxygen atoms in total. The lowest BCUT2D eigenvalue weighted by Gasteiger charge is -2.15. The number of non-ortho nitro benzene ring substituents is 1. The van der Waals surface area contributed by atoms with Gasteiger partial charge in [0.25, 0.3) is 5.69 Å². The summed E-state index contributed by atoms with van der Waals surface area (Å²) in [6.45, 7) is 1.57. The molecule has 3 aromatic carbocycles. The van der Waals surface area contributed by atoms with Crippen molar-refractivity contribution in [2.24, 2.45) is 0 Å². The summed E-state index contributed by atoms with van der Waals surface area (Å²) in [7, 11) is 3.24. The number of rotatable bonds is 11. The Hall–Kier alpha value is -3.29. The molecule has 1 N–H and O–H groups in total. The zero-order valence-electron chi connectivity index (χ0n) is 18.0. The van der Waals surface area contributed by atoms with Gasteiger partial charge in [-0.05, 0) is 53.9 Å². The van der Waals surface area contributed by atoms with Crippen LogP contribution < -0.4 is 19.5 Å². The molecule has 0 saturated carbocycles. The lowest BCUT2D eigenvalue weighted by Crippen LogP contribution is -2.17. The third-order valence-corrected chi connectivity index (χ3v) is 5.31. The van der Waals surface area contributed by atoms with Crippen molar-refractivity contribution in [3.63, 3.8) is 0 Å². The topological polar surface area (TPSA) is 82.9 Å². The lowest BCUT2D eigenvalue weighted by molar-refractivity contribution is -0.384. The first-order valence-corrected chi connectivity index (χ1v) is 10.4. The fourth-order valence-corrected chi connectivity index (χ4v) is 3.44. The molecule has 0 unspecified atom stereocenters. The zero-order chi connectivity index (χ0) is 22.9. The van der Waals surface area contributed by atoms with Gasteiger partial charge in [0.05, 0.1) is 19.1 Å². The fourth-order valence-electron chi connectivity index (χ4n) is 3.22. The second-order valence-electron chi connectivity index (χ2n) is 7.05. The normalized spacial score (nSPS) is 10.6. The second-order valence-corrected chi connectivity index (χ2v) is 7.45. The van der Waals surface area contributed by atoms with Crippen LogP contribution in [0.1, 0.15) is 16.7 Å². The van der Waals surface area contributed by atoms with Crippen LogP contribution >= 0.6 is 11.6 Å². The van der Waals surface area contributed by atoms with Crippen LogP contribution in [0.2, 0.25) is 5.02 Å². The molecule has 3 rings (SSSR count). The van der Waals surface area contributed by atoms with Crippen LogP contribution in [0.4, 0.5) is 5.69 Å². The summed E-state index contributed by atoms with van der Waals surface area (Å²) in [5.41, 5.74) is 2.88. The van der Waals surface area contributed by atoms with E-state index in [4.69, 9.17) is 25.8 Å². The predicted octanol–water partition coefficient (Wildman–Crippen LogP) is 5.18. The van der Waals surface area contributed by atoms with Gasteiger partial charge in [0.2, 0.25) is 0 Å². The summed E-state index contributed by atoms with van der Waals surface area (Å²) < 4.78 is 16.7. The molecule has 8 heteroatoms. The van der Waals surface area contributed by atoms with Gasteiger partial charge in [-0.1, -0.05) is 29.8 Å². The highest BCUT2D eigenvalue weighted by Gasteiger charge is 2.12. The third kappa shape index (κ3) is 6.12. The molecule has 0 bridgehead atoms. The van der Waals surface area contributed by atoms with E-state index in [0.717, 1.165) is 35.4 Å².